The van der Waals surface area contributed by atoms with Gasteiger partial charge in [0.05, 0.1) is 23.4 Å². The number of hydrogen-bond acceptors (Lipinski definition) is 7. The van der Waals surface area contributed by atoms with Crippen molar-refractivity contribution in [1.29, 1.82) is 0 Å². The molecule has 2 aromatic carbocycles. The Morgan fingerprint density at radius 1 is 1.06 bits per heavy atom. The molecule has 1 aliphatic rings. The molecule has 0 bridgehead atoms. The number of fused-ring (bicyclic) bond motifs is 1. The van der Waals surface area contributed by atoms with Crippen molar-refractivity contribution < 1.29 is 14.6 Å². The molecule has 2 heterocycles. The van der Waals surface area contributed by atoms with Gasteiger partial charge in [-0.2, -0.15) is 5.10 Å². The molecule has 34 heavy (non-hydrogen) atoms. The lowest BCUT2D eigenvalue weighted by Crippen LogP contribution is -2.38. The van der Waals surface area contributed by atoms with Crippen LogP contribution < -0.4 is 16.2 Å². The van der Waals surface area contributed by atoms with Crippen molar-refractivity contribution >= 4 is 22.8 Å². The molecule has 0 unspecified atom stereocenters. The first-order valence-electron chi connectivity index (χ1n) is 11.2. The van der Waals surface area contributed by atoms with Crippen molar-refractivity contribution in [3.63, 3.8) is 0 Å². The summed E-state index contributed by atoms with van der Waals surface area (Å²) in [6.07, 6.45) is 3.62. The number of nitrogens with zero attached hydrogens (tertiary/aromatic N) is 4. The van der Waals surface area contributed by atoms with E-state index in [1.165, 1.54) is 6.33 Å². The number of carbonyl (C=O) groups excluding carboxylic acids is 1. The van der Waals surface area contributed by atoms with Gasteiger partial charge in [0.25, 0.3) is 0 Å². The average molecular weight is 459 g/mol. The van der Waals surface area contributed by atoms with E-state index in [0.29, 0.717) is 54.0 Å². The lowest BCUT2D eigenvalue weighted by Gasteiger charge is -2.35. The van der Waals surface area contributed by atoms with E-state index in [4.69, 9.17) is 21.3 Å². The molecule has 0 aliphatic heterocycles. The minimum atomic E-state index is -1.06. The van der Waals surface area contributed by atoms with Gasteiger partial charge in [-0.05, 0) is 62.1 Å². The van der Waals surface area contributed by atoms with E-state index in [1.54, 1.807) is 0 Å². The maximum Gasteiger partial charge on any atom is 0.220 e. The molecule has 5 rings (SSSR count). The molecule has 4 aromatic rings. The third-order valence-corrected chi connectivity index (χ3v) is 6.36. The van der Waals surface area contributed by atoms with Gasteiger partial charge in [-0.15, -0.1) is 0 Å². The molecule has 174 valence electrons. The number of amides is 1. The van der Waals surface area contributed by atoms with Crippen molar-refractivity contribution in [2.75, 3.05) is 5.73 Å². The maximum absolute atomic E-state index is 11.3. The van der Waals surface area contributed by atoms with Crippen LogP contribution in [0.25, 0.3) is 22.3 Å². The second-order valence-corrected chi connectivity index (χ2v) is 8.79. The first-order chi connectivity index (χ1) is 16.4. The number of nitrogen functional groups attached to an aromatic ring is 1. The Labute approximate surface area is 196 Å². The van der Waals surface area contributed by atoms with Crippen molar-refractivity contribution in [1.82, 2.24) is 19.7 Å². The van der Waals surface area contributed by atoms with Crippen LogP contribution >= 0.6 is 0 Å². The van der Waals surface area contributed by atoms with Gasteiger partial charge in [0.1, 0.15) is 29.3 Å². The standard InChI is InChI=1S/C25H26N6O3/c26-20(32)14-25(33)12-10-17(11-13-25)31-24-21(23(27)28-15-29-24)22(30-31)16-6-8-19(9-7-16)34-18-4-2-1-3-5-18/h1-9,15,17,33H,10-14H2,(H2,26,32)(H2,27,28,29). The summed E-state index contributed by atoms with van der Waals surface area (Å²) in [5.41, 5.74) is 12.7. The number of hydrogen-bond donors (Lipinski definition) is 3. The fourth-order valence-corrected chi connectivity index (χ4v) is 4.64. The Balaban J connectivity index is 1.45. The van der Waals surface area contributed by atoms with Crippen molar-refractivity contribution in [3.8, 4) is 22.8 Å². The predicted octanol–water partition coefficient (Wildman–Crippen LogP) is 3.59. The monoisotopic (exact) mass is 458 g/mol. The zero-order valence-electron chi connectivity index (χ0n) is 18.6. The normalized spacial score (nSPS) is 20.3. The summed E-state index contributed by atoms with van der Waals surface area (Å²) in [5.74, 6) is 1.34. The van der Waals surface area contributed by atoms with Crippen LogP contribution in [0.4, 0.5) is 5.82 Å². The lowest BCUT2D eigenvalue weighted by molar-refractivity contribution is -0.124. The molecule has 1 saturated carbocycles. The Hall–Kier alpha value is -3.98. The van der Waals surface area contributed by atoms with Crippen molar-refractivity contribution in [3.05, 3.63) is 60.9 Å². The van der Waals surface area contributed by atoms with Gasteiger partial charge < -0.3 is 21.3 Å². The smallest absolute Gasteiger partial charge is 0.220 e. The van der Waals surface area contributed by atoms with Crippen LogP contribution in [0, 0.1) is 0 Å². The minimum Gasteiger partial charge on any atom is -0.457 e. The molecule has 1 aliphatic carbocycles. The van der Waals surface area contributed by atoms with Gasteiger partial charge in [0, 0.05) is 5.56 Å². The summed E-state index contributed by atoms with van der Waals surface area (Å²) in [4.78, 5) is 20.0. The van der Waals surface area contributed by atoms with Gasteiger partial charge >= 0.3 is 0 Å². The number of para-hydroxylation sites is 1. The predicted molar refractivity (Wildman–Crippen MR) is 128 cm³/mol. The first kappa shape index (κ1) is 21.8. The number of aromatic nitrogens is 4. The van der Waals surface area contributed by atoms with E-state index in [1.807, 2.05) is 59.3 Å². The molecule has 0 radical (unpaired) electrons. The summed E-state index contributed by atoms with van der Waals surface area (Å²) in [6.45, 7) is 0. The van der Waals surface area contributed by atoms with E-state index in [2.05, 4.69) is 9.97 Å². The Morgan fingerprint density at radius 2 is 1.74 bits per heavy atom. The van der Waals surface area contributed by atoms with Crippen LogP contribution in [0.15, 0.2) is 60.9 Å². The Kier molecular flexibility index (Phi) is 5.62. The van der Waals surface area contributed by atoms with Crippen molar-refractivity contribution in [2.24, 2.45) is 5.73 Å². The van der Waals surface area contributed by atoms with Gasteiger partial charge in [-0.1, -0.05) is 18.2 Å². The first-order valence-corrected chi connectivity index (χ1v) is 11.2. The number of benzene rings is 2. The molecular weight excluding hydrogens is 432 g/mol. The van der Waals surface area contributed by atoms with E-state index in [-0.39, 0.29) is 12.5 Å². The average Bonchev–Trinajstić information content (AvgIpc) is 3.21. The molecule has 1 fully saturated rings. The number of rotatable bonds is 6. The van der Waals surface area contributed by atoms with E-state index < -0.39 is 11.5 Å². The summed E-state index contributed by atoms with van der Waals surface area (Å²) in [5, 5.41) is 16.3. The number of ether oxygens (including phenoxy) is 1. The number of aliphatic hydroxyl groups is 1. The highest BCUT2D eigenvalue weighted by molar-refractivity contribution is 5.98. The fraction of sp³-hybridized carbons (Fsp3) is 0.280. The third kappa shape index (κ3) is 4.29. The number of nitrogens with two attached hydrogens (primary N) is 2. The fourth-order valence-electron chi connectivity index (χ4n) is 4.64. The molecule has 9 heteroatoms. The Morgan fingerprint density at radius 3 is 2.41 bits per heavy atom. The topological polar surface area (TPSA) is 142 Å². The summed E-state index contributed by atoms with van der Waals surface area (Å²) in [7, 11) is 0. The quantitative estimate of drug-likeness (QED) is 0.401. The lowest BCUT2D eigenvalue weighted by atomic mass is 9.80. The maximum atomic E-state index is 11.3. The second-order valence-electron chi connectivity index (χ2n) is 8.79. The number of anilines is 1. The van der Waals surface area contributed by atoms with Crippen LogP contribution in [0.3, 0.4) is 0 Å². The highest BCUT2D eigenvalue weighted by atomic mass is 16.5. The highest BCUT2D eigenvalue weighted by Crippen LogP contribution is 2.40. The SMILES string of the molecule is NC(=O)CC1(O)CCC(n2nc(-c3ccc(Oc4ccccc4)cc3)c3c(N)ncnc32)CC1. The number of primary amides is 1. The zero-order valence-corrected chi connectivity index (χ0v) is 18.6. The highest BCUT2D eigenvalue weighted by Gasteiger charge is 2.36. The van der Waals surface area contributed by atoms with Gasteiger partial charge in [0.15, 0.2) is 5.65 Å². The van der Waals surface area contributed by atoms with Gasteiger partial charge in [-0.25, -0.2) is 14.6 Å². The zero-order chi connectivity index (χ0) is 23.7. The van der Waals surface area contributed by atoms with Gasteiger partial charge in [0.2, 0.25) is 5.91 Å². The second kappa shape index (κ2) is 8.75. The van der Waals surface area contributed by atoms with E-state index in [0.717, 1.165) is 11.3 Å². The molecule has 5 N–H and O–H groups in total. The molecule has 2 aromatic heterocycles. The summed E-state index contributed by atoms with van der Waals surface area (Å²) in [6, 6.07) is 17.2. The molecule has 0 spiro atoms. The largest absolute Gasteiger partial charge is 0.457 e. The minimum absolute atomic E-state index is 0.0133. The van der Waals surface area contributed by atoms with Crippen LogP contribution in [0.5, 0.6) is 11.5 Å². The number of carbonyl (C=O) groups is 1. The molecule has 0 atom stereocenters. The van der Waals surface area contributed by atoms with Crippen LogP contribution in [-0.2, 0) is 4.79 Å². The third-order valence-electron chi connectivity index (χ3n) is 6.36. The summed E-state index contributed by atoms with van der Waals surface area (Å²) >= 11 is 0. The van der Waals surface area contributed by atoms with E-state index in [9.17, 15) is 9.90 Å². The molecule has 0 saturated heterocycles. The molecular formula is C25H26N6O3. The molecule has 1 amide bonds. The van der Waals surface area contributed by atoms with Gasteiger partial charge in [-0.3, -0.25) is 4.79 Å². The summed E-state index contributed by atoms with van der Waals surface area (Å²) < 4.78 is 7.77. The van der Waals surface area contributed by atoms with Crippen LogP contribution in [0.2, 0.25) is 0 Å². The molecule has 9 nitrogen and oxygen atoms in total. The van der Waals surface area contributed by atoms with E-state index >= 15 is 0 Å². The van der Waals surface area contributed by atoms with Crippen LogP contribution in [0.1, 0.15) is 38.1 Å². The van der Waals surface area contributed by atoms with Crippen LogP contribution in [-0.4, -0.2) is 36.4 Å². The van der Waals surface area contributed by atoms with Crippen molar-refractivity contribution in [2.45, 2.75) is 43.7 Å². The Bertz CT molecular complexity index is 1310.